The van der Waals surface area contributed by atoms with Crippen molar-refractivity contribution in [1.82, 2.24) is 0 Å². The lowest BCUT2D eigenvalue weighted by Gasteiger charge is -2.19. The predicted molar refractivity (Wildman–Crippen MR) is 79.5 cm³/mol. The van der Waals surface area contributed by atoms with Gasteiger partial charge in [0.1, 0.15) is 0 Å². The number of benzene rings is 1. The average Bonchev–Trinajstić information content (AvgIpc) is 2.44. The van der Waals surface area contributed by atoms with Crippen LogP contribution in [0.1, 0.15) is 31.7 Å². The molecule has 1 aromatic carbocycles. The van der Waals surface area contributed by atoms with Crippen LogP contribution in [0, 0.1) is 5.92 Å². The van der Waals surface area contributed by atoms with Gasteiger partial charge in [-0.2, -0.15) is 0 Å². The molecule has 0 spiro atoms. The molecule has 0 radical (unpaired) electrons. The van der Waals surface area contributed by atoms with E-state index < -0.39 is 0 Å². The van der Waals surface area contributed by atoms with Crippen LogP contribution in [0.4, 0.5) is 11.4 Å². The summed E-state index contributed by atoms with van der Waals surface area (Å²) in [6, 6.07) is 5.56. The second-order valence-electron chi connectivity index (χ2n) is 5.13. The van der Waals surface area contributed by atoms with Crippen LogP contribution in [0.3, 0.4) is 0 Å². The predicted octanol–water partition coefficient (Wildman–Crippen LogP) is 1.88. The normalized spacial score (nSPS) is 15.2. The van der Waals surface area contributed by atoms with E-state index in [0.717, 1.165) is 29.8 Å². The van der Waals surface area contributed by atoms with Crippen LogP contribution in [0.2, 0.25) is 0 Å². The monoisotopic (exact) mass is 275 g/mol. The van der Waals surface area contributed by atoms with Crippen LogP contribution in [0.15, 0.2) is 18.2 Å². The van der Waals surface area contributed by atoms with E-state index in [0.29, 0.717) is 19.4 Å². The molecule has 0 saturated heterocycles. The standard InChI is InChI=1S/C15H21N3O2/c1-2-3-11(9-16)15(20)17-12-5-6-13-10(8-12)4-7-14(19)18-13/h5-6,8,11H,2-4,7,9,16H2,1H3,(H,17,20)(H,18,19). The minimum atomic E-state index is -0.143. The molecule has 0 aliphatic carbocycles. The summed E-state index contributed by atoms with van der Waals surface area (Å²) < 4.78 is 0. The van der Waals surface area contributed by atoms with E-state index in [1.54, 1.807) is 0 Å². The van der Waals surface area contributed by atoms with Gasteiger partial charge in [-0.25, -0.2) is 0 Å². The second-order valence-corrected chi connectivity index (χ2v) is 5.13. The van der Waals surface area contributed by atoms with Gasteiger partial charge in [0.2, 0.25) is 11.8 Å². The van der Waals surface area contributed by atoms with E-state index in [2.05, 4.69) is 10.6 Å². The molecule has 0 saturated carbocycles. The van der Waals surface area contributed by atoms with Crippen LogP contribution in [-0.4, -0.2) is 18.4 Å². The van der Waals surface area contributed by atoms with Gasteiger partial charge in [0, 0.05) is 24.3 Å². The van der Waals surface area contributed by atoms with Crippen molar-refractivity contribution in [3.63, 3.8) is 0 Å². The minimum Gasteiger partial charge on any atom is -0.330 e. The molecule has 1 aliphatic rings. The summed E-state index contributed by atoms with van der Waals surface area (Å²) in [5, 5.41) is 5.73. The van der Waals surface area contributed by atoms with Crippen molar-refractivity contribution in [2.75, 3.05) is 17.2 Å². The zero-order valence-corrected chi connectivity index (χ0v) is 11.7. The van der Waals surface area contributed by atoms with E-state index in [1.807, 2.05) is 25.1 Å². The highest BCUT2D eigenvalue weighted by molar-refractivity contribution is 5.96. The first-order chi connectivity index (χ1) is 9.63. The number of nitrogens with two attached hydrogens (primary N) is 1. The lowest BCUT2D eigenvalue weighted by Crippen LogP contribution is -2.29. The third-order valence-electron chi connectivity index (χ3n) is 3.56. The fourth-order valence-electron chi connectivity index (χ4n) is 2.41. The number of anilines is 2. The molecular weight excluding hydrogens is 254 g/mol. The Kier molecular flexibility index (Phi) is 4.74. The molecule has 0 bridgehead atoms. The summed E-state index contributed by atoms with van der Waals surface area (Å²) >= 11 is 0. The summed E-state index contributed by atoms with van der Waals surface area (Å²) in [5.74, 6) is -0.134. The van der Waals surface area contributed by atoms with Crippen LogP contribution in [-0.2, 0) is 16.0 Å². The van der Waals surface area contributed by atoms with E-state index >= 15 is 0 Å². The summed E-state index contributed by atoms with van der Waals surface area (Å²) in [6.07, 6.45) is 2.93. The number of amides is 2. The van der Waals surface area contributed by atoms with Gasteiger partial charge in [0.15, 0.2) is 0 Å². The van der Waals surface area contributed by atoms with E-state index in [9.17, 15) is 9.59 Å². The Labute approximate surface area is 118 Å². The van der Waals surface area contributed by atoms with Crippen molar-refractivity contribution >= 4 is 23.2 Å². The molecule has 1 aromatic rings. The van der Waals surface area contributed by atoms with Gasteiger partial charge >= 0.3 is 0 Å². The summed E-state index contributed by atoms with van der Waals surface area (Å²) in [6.45, 7) is 2.40. The SMILES string of the molecule is CCCC(CN)C(=O)Nc1ccc2c(c1)CCC(=O)N2. The van der Waals surface area contributed by atoms with Crippen LogP contribution in [0.5, 0.6) is 0 Å². The van der Waals surface area contributed by atoms with Gasteiger partial charge in [0.25, 0.3) is 0 Å². The van der Waals surface area contributed by atoms with Crippen LogP contribution >= 0.6 is 0 Å². The molecule has 4 N–H and O–H groups in total. The molecule has 1 aliphatic heterocycles. The van der Waals surface area contributed by atoms with Crippen molar-refractivity contribution in [2.45, 2.75) is 32.6 Å². The molecule has 5 heteroatoms. The summed E-state index contributed by atoms with van der Waals surface area (Å²) in [7, 11) is 0. The topological polar surface area (TPSA) is 84.2 Å². The van der Waals surface area contributed by atoms with Crippen LogP contribution < -0.4 is 16.4 Å². The first kappa shape index (κ1) is 14.5. The molecule has 5 nitrogen and oxygen atoms in total. The van der Waals surface area contributed by atoms with Crippen molar-refractivity contribution in [2.24, 2.45) is 11.7 Å². The maximum Gasteiger partial charge on any atom is 0.228 e. The lowest BCUT2D eigenvalue weighted by molar-refractivity contribution is -0.120. The molecule has 1 unspecified atom stereocenters. The largest absolute Gasteiger partial charge is 0.330 e. The van der Waals surface area contributed by atoms with Crippen molar-refractivity contribution < 1.29 is 9.59 Å². The molecule has 2 rings (SSSR count). The molecule has 0 aromatic heterocycles. The number of hydrogen-bond acceptors (Lipinski definition) is 3. The number of carbonyl (C=O) groups is 2. The highest BCUT2D eigenvalue weighted by Gasteiger charge is 2.18. The first-order valence-electron chi connectivity index (χ1n) is 7.07. The maximum absolute atomic E-state index is 12.1. The van der Waals surface area contributed by atoms with Crippen LogP contribution in [0.25, 0.3) is 0 Å². The fourth-order valence-corrected chi connectivity index (χ4v) is 2.41. The molecule has 2 amide bonds. The van der Waals surface area contributed by atoms with E-state index in [4.69, 9.17) is 5.73 Å². The Balaban J connectivity index is 2.07. The first-order valence-corrected chi connectivity index (χ1v) is 7.07. The maximum atomic E-state index is 12.1. The number of hydrogen-bond donors (Lipinski definition) is 3. The Morgan fingerprint density at radius 2 is 2.25 bits per heavy atom. The molecule has 20 heavy (non-hydrogen) atoms. The summed E-state index contributed by atoms with van der Waals surface area (Å²) in [5.41, 5.74) is 8.29. The number of carbonyl (C=O) groups excluding carboxylic acids is 2. The molecule has 0 fully saturated rings. The third-order valence-corrected chi connectivity index (χ3v) is 3.56. The van der Waals surface area contributed by atoms with Gasteiger partial charge in [-0.1, -0.05) is 13.3 Å². The second kappa shape index (κ2) is 6.52. The number of nitrogens with one attached hydrogen (secondary N) is 2. The van der Waals surface area contributed by atoms with Gasteiger partial charge in [0.05, 0.1) is 5.92 Å². The smallest absolute Gasteiger partial charge is 0.228 e. The number of aryl methyl sites for hydroxylation is 1. The van der Waals surface area contributed by atoms with Gasteiger partial charge in [-0.05, 0) is 36.6 Å². The van der Waals surface area contributed by atoms with Gasteiger partial charge in [-0.15, -0.1) is 0 Å². The Hall–Kier alpha value is -1.88. The quantitative estimate of drug-likeness (QED) is 0.767. The molecule has 108 valence electrons. The zero-order valence-electron chi connectivity index (χ0n) is 11.7. The zero-order chi connectivity index (χ0) is 14.5. The van der Waals surface area contributed by atoms with Gasteiger partial charge < -0.3 is 16.4 Å². The Bertz CT molecular complexity index is 514. The van der Waals surface area contributed by atoms with Crippen molar-refractivity contribution in [3.8, 4) is 0 Å². The van der Waals surface area contributed by atoms with E-state index in [-0.39, 0.29) is 17.7 Å². The lowest BCUT2D eigenvalue weighted by atomic mass is 10.0. The van der Waals surface area contributed by atoms with Crippen molar-refractivity contribution in [1.29, 1.82) is 0 Å². The fraction of sp³-hybridized carbons (Fsp3) is 0.467. The van der Waals surface area contributed by atoms with E-state index in [1.165, 1.54) is 0 Å². The molecular formula is C15H21N3O2. The highest BCUT2D eigenvalue weighted by Crippen LogP contribution is 2.26. The number of fused-ring (bicyclic) bond motifs is 1. The Morgan fingerprint density at radius 1 is 1.45 bits per heavy atom. The Morgan fingerprint density at radius 3 is 2.95 bits per heavy atom. The van der Waals surface area contributed by atoms with Crippen molar-refractivity contribution in [3.05, 3.63) is 23.8 Å². The molecule has 1 heterocycles. The number of rotatable bonds is 5. The van der Waals surface area contributed by atoms with Gasteiger partial charge in [-0.3, -0.25) is 9.59 Å². The average molecular weight is 275 g/mol. The third kappa shape index (κ3) is 3.36. The molecule has 1 atom stereocenters. The highest BCUT2D eigenvalue weighted by atomic mass is 16.2. The minimum absolute atomic E-state index is 0.0332. The summed E-state index contributed by atoms with van der Waals surface area (Å²) in [4.78, 5) is 23.4.